The van der Waals surface area contributed by atoms with Crippen LogP contribution in [0, 0.1) is 17.0 Å². The summed E-state index contributed by atoms with van der Waals surface area (Å²) in [6.07, 6.45) is 0. The molecule has 0 atom stereocenters. The second-order valence-electron chi connectivity index (χ2n) is 4.46. The highest BCUT2D eigenvalue weighted by Gasteiger charge is 2.13. The molecule has 110 valence electrons. The van der Waals surface area contributed by atoms with Crippen molar-refractivity contribution < 1.29 is 9.66 Å². The third-order valence-corrected chi connectivity index (χ3v) is 2.91. The van der Waals surface area contributed by atoms with Gasteiger partial charge in [0.05, 0.1) is 18.6 Å². The van der Waals surface area contributed by atoms with E-state index in [1.807, 2.05) is 0 Å². The Labute approximate surface area is 120 Å². The van der Waals surface area contributed by atoms with Crippen molar-refractivity contribution in [2.75, 3.05) is 12.8 Å². The Morgan fingerprint density at radius 3 is 2.71 bits per heavy atom. The molecule has 21 heavy (non-hydrogen) atoms. The number of hydrogen-bond donors (Lipinski definition) is 1. The molecule has 0 aliphatic carbocycles. The summed E-state index contributed by atoms with van der Waals surface area (Å²) >= 11 is 0. The van der Waals surface area contributed by atoms with Crippen LogP contribution in [-0.4, -0.2) is 21.6 Å². The number of ether oxygens (including phenoxy) is 1. The molecule has 2 aromatic rings. The van der Waals surface area contributed by atoms with E-state index in [2.05, 4.69) is 4.98 Å². The summed E-state index contributed by atoms with van der Waals surface area (Å²) in [5.41, 5.74) is 6.44. The summed E-state index contributed by atoms with van der Waals surface area (Å²) in [6.45, 7) is 1.86. The average Bonchev–Trinajstić information content (AvgIpc) is 2.41. The van der Waals surface area contributed by atoms with E-state index >= 15 is 0 Å². The number of benzene rings is 1. The van der Waals surface area contributed by atoms with Crippen LogP contribution in [0.5, 0.6) is 6.01 Å². The molecule has 2 rings (SSSR count). The molecule has 0 saturated heterocycles. The fourth-order valence-corrected chi connectivity index (χ4v) is 1.95. The number of aromatic nitrogens is 2. The summed E-state index contributed by atoms with van der Waals surface area (Å²) in [6, 6.07) is 5.88. The number of methoxy groups -OCH3 is 1. The number of hydrogen-bond acceptors (Lipinski definition) is 6. The minimum absolute atomic E-state index is 0.0459. The van der Waals surface area contributed by atoms with Crippen molar-refractivity contribution in [1.29, 1.82) is 0 Å². The van der Waals surface area contributed by atoms with Crippen LogP contribution in [0.25, 0.3) is 0 Å². The van der Waals surface area contributed by atoms with Crippen molar-refractivity contribution in [1.82, 2.24) is 9.55 Å². The maximum absolute atomic E-state index is 12.0. The summed E-state index contributed by atoms with van der Waals surface area (Å²) in [5, 5.41) is 10.7. The summed E-state index contributed by atoms with van der Waals surface area (Å²) in [5.74, 6) is 0. The predicted molar refractivity (Wildman–Crippen MR) is 76.4 cm³/mol. The zero-order valence-electron chi connectivity index (χ0n) is 11.6. The van der Waals surface area contributed by atoms with Crippen LogP contribution in [-0.2, 0) is 6.54 Å². The third-order valence-electron chi connectivity index (χ3n) is 2.91. The second-order valence-corrected chi connectivity index (χ2v) is 4.46. The minimum Gasteiger partial charge on any atom is -0.468 e. The molecule has 0 saturated carbocycles. The maximum atomic E-state index is 12.0. The van der Waals surface area contributed by atoms with E-state index in [1.165, 1.54) is 29.9 Å². The van der Waals surface area contributed by atoms with E-state index in [0.29, 0.717) is 11.3 Å². The third kappa shape index (κ3) is 2.99. The lowest BCUT2D eigenvalue weighted by molar-refractivity contribution is -0.383. The van der Waals surface area contributed by atoms with Gasteiger partial charge >= 0.3 is 0 Å². The van der Waals surface area contributed by atoms with Crippen molar-refractivity contribution >= 4 is 11.4 Å². The number of nitrogen functional groups attached to an aromatic ring is 1. The van der Waals surface area contributed by atoms with Gasteiger partial charge in [-0.1, -0.05) is 6.07 Å². The zero-order chi connectivity index (χ0) is 15.6. The van der Waals surface area contributed by atoms with Crippen LogP contribution in [0.2, 0.25) is 0 Å². The van der Waals surface area contributed by atoms with Crippen molar-refractivity contribution in [3.8, 4) is 6.01 Å². The van der Waals surface area contributed by atoms with Crippen LogP contribution in [0.4, 0.5) is 11.4 Å². The maximum Gasteiger partial charge on any atom is 0.299 e. The number of nitro benzene ring substituents is 1. The Morgan fingerprint density at radius 2 is 2.14 bits per heavy atom. The van der Waals surface area contributed by atoms with Gasteiger partial charge in [-0.05, 0) is 18.6 Å². The molecule has 1 aromatic carbocycles. The number of nitro groups is 1. The molecular formula is C13H14N4O4. The molecule has 0 spiro atoms. The van der Waals surface area contributed by atoms with Crippen LogP contribution < -0.4 is 16.0 Å². The van der Waals surface area contributed by atoms with Gasteiger partial charge in [-0.3, -0.25) is 19.5 Å². The smallest absolute Gasteiger partial charge is 0.299 e. The van der Waals surface area contributed by atoms with Crippen molar-refractivity contribution in [2.24, 2.45) is 0 Å². The molecule has 1 heterocycles. The highest BCUT2D eigenvalue weighted by molar-refractivity contribution is 5.59. The summed E-state index contributed by atoms with van der Waals surface area (Å²) < 4.78 is 6.41. The van der Waals surface area contributed by atoms with Gasteiger partial charge in [0, 0.05) is 17.8 Å². The number of anilines is 1. The Hall–Kier alpha value is -2.90. The number of aryl methyl sites for hydroxylation is 1. The molecule has 0 unspecified atom stereocenters. The van der Waals surface area contributed by atoms with Gasteiger partial charge in [-0.25, -0.2) is 4.98 Å². The van der Waals surface area contributed by atoms with Crippen LogP contribution in [0.15, 0.2) is 29.1 Å². The molecule has 0 aliphatic heterocycles. The van der Waals surface area contributed by atoms with Gasteiger partial charge in [0.1, 0.15) is 5.69 Å². The van der Waals surface area contributed by atoms with Gasteiger partial charge in [0.25, 0.3) is 17.3 Å². The molecule has 1 aromatic heterocycles. The molecule has 0 radical (unpaired) electrons. The molecule has 8 heteroatoms. The van der Waals surface area contributed by atoms with E-state index in [0.717, 1.165) is 0 Å². The van der Waals surface area contributed by atoms with Crippen LogP contribution in [0.1, 0.15) is 11.3 Å². The first-order chi connectivity index (χ1) is 9.92. The number of nitrogens with two attached hydrogens (primary N) is 1. The first-order valence-electron chi connectivity index (χ1n) is 6.07. The molecule has 2 N–H and O–H groups in total. The fraction of sp³-hybridized carbons (Fsp3) is 0.231. The van der Waals surface area contributed by atoms with E-state index in [-0.39, 0.29) is 29.5 Å². The standard InChI is InChI=1S/C13H14N4O4/c1-8-5-12(18)16(13(15-8)21-2)7-9-3-4-11(17(19)20)10(14)6-9/h3-6H,7,14H2,1-2H3. The molecule has 0 aliphatic rings. The lowest BCUT2D eigenvalue weighted by Gasteiger charge is -2.11. The van der Waals surface area contributed by atoms with Gasteiger partial charge in [0.15, 0.2) is 0 Å². The first-order valence-corrected chi connectivity index (χ1v) is 6.07. The number of rotatable bonds is 4. The lowest BCUT2D eigenvalue weighted by atomic mass is 10.1. The molecule has 0 amide bonds. The monoisotopic (exact) mass is 290 g/mol. The van der Waals surface area contributed by atoms with Gasteiger partial charge in [-0.2, -0.15) is 0 Å². The Balaban J connectivity index is 2.41. The quantitative estimate of drug-likeness (QED) is 0.512. The number of nitrogens with zero attached hydrogens (tertiary/aromatic N) is 3. The lowest BCUT2D eigenvalue weighted by Crippen LogP contribution is -2.23. The SMILES string of the molecule is COc1nc(C)cc(=O)n1Cc1ccc([N+](=O)[O-])c(N)c1. The van der Waals surface area contributed by atoms with E-state index in [1.54, 1.807) is 13.0 Å². The Kier molecular flexibility index (Phi) is 3.88. The first kappa shape index (κ1) is 14.5. The normalized spacial score (nSPS) is 10.4. The minimum atomic E-state index is -0.556. The van der Waals surface area contributed by atoms with Gasteiger partial charge in [0.2, 0.25) is 0 Å². The Morgan fingerprint density at radius 1 is 1.43 bits per heavy atom. The largest absolute Gasteiger partial charge is 0.468 e. The van der Waals surface area contributed by atoms with E-state index in [9.17, 15) is 14.9 Å². The molecule has 0 bridgehead atoms. The van der Waals surface area contributed by atoms with Gasteiger partial charge < -0.3 is 10.5 Å². The summed E-state index contributed by atoms with van der Waals surface area (Å²) in [7, 11) is 1.42. The highest BCUT2D eigenvalue weighted by atomic mass is 16.6. The molecule has 0 fully saturated rings. The van der Waals surface area contributed by atoms with Crippen molar-refractivity contribution in [3.63, 3.8) is 0 Å². The van der Waals surface area contributed by atoms with E-state index in [4.69, 9.17) is 10.5 Å². The highest BCUT2D eigenvalue weighted by Crippen LogP contribution is 2.22. The topological polar surface area (TPSA) is 113 Å². The summed E-state index contributed by atoms with van der Waals surface area (Å²) in [4.78, 5) is 26.3. The second kappa shape index (κ2) is 5.61. The van der Waals surface area contributed by atoms with E-state index < -0.39 is 4.92 Å². The zero-order valence-corrected chi connectivity index (χ0v) is 11.6. The fourth-order valence-electron chi connectivity index (χ4n) is 1.95. The molecule has 8 nitrogen and oxygen atoms in total. The molecular weight excluding hydrogens is 276 g/mol. The average molecular weight is 290 g/mol. The van der Waals surface area contributed by atoms with Crippen LogP contribution in [0.3, 0.4) is 0 Å². The van der Waals surface area contributed by atoms with Crippen molar-refractivity contribution in [2.45, 2.75) is 13.5 Å². The van der Waals surface area contributed by atoms with Gasteiger partial charge in [-0.15, -0.1) is 0 Å². The Bertz CT molecular complexity index is 754. The predicted octanol–water partition coefficient (Wildman–Crippen LogP) is 1.10. The van der Waals surface area contributed by atoms with Crippen LogP contribution >= 0.6 is 0 Å². The van der Waals surface area contributed by atoms with Crippen molar-refractivity contribution in [3.05, 3.63) is 56.0 Å².